The molecule has 274 valence electrons. The fourth-order valence-corrected chi connectivity index (χ4v) is 11.8. The molecular weight excluding hydrogens is 719 g/mol. The molecule has 0 N–H and O–H groups in total. The van der Waals surface area contributed by atoms with Crippen LogP contribution in [0.25, 0.3) is 44.2 Å². The van der Waals surface area contributed by atoms with E-state index in [9.17, 15) is 0 Å². The lowest BCUT2D eigenvalue weighted by Crippen LogP contribution is -2.32. The molecule has 0 unspecified atom stereocenters. The van der Waals surface area contributed by atoms with Crippen molar-refractivity contribution >= 4 is 39.6 Å². The van der Waals surface area contributed by atoms with Crippen LogP contribution in [0.1, 0.15) is 47.2 Å². The van der Waals surface area contributed by atoms with Crippen LogP contribution in [0.4, 0.5) is 17.1 Å². The summed E-state index contributed by atoms with van der Waals surface area (Å²) in [4.78, 5) is 5.13. The van der Waals surface area contributed by atoms with Crippen molar-refractivity contribution in [1.29, 1.82) is 0 Å². The topological polar surface area (TPSA) is 3.24 Å². The monoisotopic (exact) mass is 757 g/mol. The summed E-state index contributed by atoms with van der Waals surface area (Å²) in [5.41, 5.74) is 18.6. The van der Waals surface area contributed by atoms with Gasteiger partial charge in [-0.15, -0.1) is 0 Å². The van der Waals surface area contributed by atoms with Crippen molar-refractivity contribution in [3.8, 4) is 33.4 Å². The third-order valence-corrected chi connectivity index (χ3v) is 14.3. The highest BCUT2D eigenvalue weighted by atomic mass is 32.2. The molecule has 0 fully saturated rings. The van der Waals surface area contributed by atoms with E-state index < -0.39 is 5.41 Å². The molecular formula is C56H39NS. The number of hydrogen-bond donors (Lipinski definition) is 0. The zero-order chi connectivity index (χ0) is 38.6. The zero-order valence-corrected chi connectivity index (χ0v) is 33.2. The van der Waals surface area contributed by atoms with Gasteiger partial charge in [-0.1, -0.05) is 183 Å². The third kappa shape index (κ3) is 4.55. The highest BCUT2D eigenvalue weighted by Crippen LogP contribution is 2.64. The van der Waals surface area contributed by atoms with E-state index in [1.54, 1.807) is 0 Å². The van der Waals surface area contributed by atoms with Crippen LogP contribution in [-0.4, -0.2) is 0 Å². The highest BCUT2D eigenvalue weighted by Gasteiger charge is 2.51. The number of fused-ring (bicyclic) bond motifs is 14. The summed E-state index contributed by atoms with van der Waals surface area (Å²) in [7, 11) is 0. The fourth-order valence-electron chi connectivity index (χ4n) is 10.6. The molecule has 1 heterocycles. The first-order valence-corrected chi connectivity index (χ1v) is 21.1. The molecule has 58 heavy (non-hydrogen) atoms. The summed E-state index contributed by atoms with van der Waals surface area (Å²) in [6, 6.07) is 75.0. The first kappa shape index (κ1) is 33.5. The van der Waals surface area contributed by atoms with Crippen molar-refractivity contribution in [2.24, 2.45) is 0 Å². The van der Waals surface area contributed by atoms with Gasteiger partial charge in [0, 0.05) is 32.1 Å². The molecule has 0 bridgehead atoms. The minimum atomic E-state index is -0.522. The fraction of sp³-hybridized carbons (Fsp3) is 0.0714. The van der Waals surface area contributed by atoms with Gasteiger partial charge in [0.15, 0.2) is 0 Å². The van der Waals surface area contributed by atoms with Crippen molar-refractivity contribution in [3.63, 3.8) is 0 Å². The van der Waals surface area contributed by atoms with Crippen molar-refractivity contribution in [1.82, 2.24) is 0 Å². The molecule has 9 aromatic carbocycles. The molecule has 0 amide bonds. The second-order valence-electron chi connectivity index (χ2n) is 16.4. The van der Waals surface area contributed by atoms with Crippen molar-refractivity contribution in [2.75, 3.05) is 4.90 Å². The first-order valence-electron chi connectivity index (χ1n) is 20.3. The summed E-state index contributed by atoms with van der Waals surface area (Å²) < 4.78 is 0. The van der Waals surface area contributed by atoms with Crippen LogP contribution < -0.4 is 4.90 Å². The van der Waals surface area contributed by atoms with Crippen LogP contribution in [0.2, 0.25) is 0 Å². The van der Waals surface area contributed by atoms with Gasteiger partial charge < -0.3 is 4.90 Å². The van der Waals surface area contributed by atoms with Gasteiger partial charge in [-0.25, -0.2) is 0 Å². The van der Waals surface area contributed by atoms with E-state index in [2.05, 4.69) is 219 Å². The molecule has 2 aliphatic carbocycles. The van der Waals surface area contributed by atoms with E-state index in [0.717, 1.165) is 17.1 Å². The number of anilines is 3. The Balaban J connectivity index is 1.16. The minimum Gasteiger partial charge on any atom is -0.310 e. The second-order valence-corrected chi connectivity index (χ2v) is 17.5. The van der Waals surface area contributed by atoms with Crippen LogP contribution in [0.5, 0.6) is 0 Å². The number of para-hydroxylation sites is 1. The van der Waals surface area contributed by atoms with Crippen molar-refractivity contribution in [3.05, 3.63) is 234 Å². The standard InChI is InChI=1S/C56H39NS/c1-55(2)46-24-12-8-21-42(46)45-31-29-38(34-49(45)55)57(51-27-15-11-19-40(51)36-16-4-3-5-17-36)39-30-33-52-50(35-39)56(54-41-20-7-6-18-37(41)28-32-53(54)58-52)47-25-13-9-22-43(47)44-23-10-14-26-48(44)56/h3-35H,1-2H3. The Morgan fingerprint density at radius 1 is 0.397 bits per heavy atom. The summed E-state index contributed by atoms with van der Waals surface area (Å²) in [5.74, 6) is 0. The number of benzene rings is 9. The normalized spacial score (nSPS) is 14.6. The smallest absolute Gasteiger partial charge is 0.0742 e. The quantitative estimate of drug-likeness (QED) is 0.176. The molecule has 0 atom stereocenters. The Hall–Kier alpha value is -6.61. The van der Waals surface area contributed by atoms with E-state index >= 15 is 0 Å². The van der Waals surface area contributed by atoms with Gasteiger partial charge in [0.25, 0.3) is 0 Å². The summed E-state index contributed by atoms with van der Waals surface area (Å²) in [5, 5.41) is 2.57. The minimum absolute atomic E-state index is 0.134. The van der Waals surface area contributed by atoms with E-state index in [4.69, 9.17) is 0 Å². The van der Waals surface area contributed by atoms with Gasteiger partial charge in [0.05, 0.1) is 11.1 Å². The molecule has 1 aliphatic heterocycles. The Labute approximate surface area is 344 Å². The Morgan fingerprint density at radius 3 is 1.67 bits per heavy atom. The Morgan fingerprint density at radius 2 is 0.931 bits per heavy atom. The van der Waals surface area contributed by atoms with Crippen LogP contribution in [-0.2, 0) is 10.8 Å². The van der Waals surface area contributed by atoms with E-state index in [1.165, 1.54) is 87.3 Å². The summed E-state index contributed by atoms with van der Waals surface area (Å²) in [6.07, 6.45) is 0. The maximum atomic E-state index is 2.53. The second kappa shape index (κ2) is 12.4. The van der Waals surface area contributed by atoms with Crippen LogP contribution in [0, 0.1) is 0 Å². The van der Waals surface area contributed by atoms with E-state index in [-0.39, 0.29) is 5.41 Å². The molecule has 0 radical (unpaired) electrons. The molecule has 1 spiro atoms. The number of rotatable bonds is 4. The maximum absolute atomic E-state index is 2.53. The SMILES string of the molecule is CC1(C)c2ccccc2-c2ccc(N(c3ccc4c(c3)C3(c5ccccc5-c5ccccc53)c3c(ccc5ccccc35)S4)c3ccccc3-c3ccccc3)cc21. The predicted octanol–water partition coefficient (Wildman–Crippen LogP) is 15.1. The Kier molecular flexibility index (Phi) is 7.19. The van der Waals surface area contributed by atoms with Crippen LogP contribution >= 0.6 is 11.8 Å². The number of hydrogen-bond acceptors (Lipinski definition) is 2. The summed E-state index contributed by atoms with van der Waals surface area (Å²) >= 11 is 1.91. The first-order chi connectivity index (χ1) is 28.5. The number of nitrogens with zero attached hydrogens (tertiary/aromatic N) is 1. The van der Waals surface area contributed by atoms with Crippen molar-refractivity contribution < 1.29 is 0 Å². The van der Waals surface area contributed by atoms with Gasteiger partial charge in [0.2, 0.25) is 0 Å². The summed E-state index contributed by atoms with van der Waals surface area (Å²) in [6.45, 7) is 4.75. The average molecular weight is 758 g/mol. The van der Waals surface area contributed by atoms with Crippen molar-refractivity contribution in [2.45, 2.75) is 34.5 Å². The Bertz CT molecular complexity index is 3090. The van der Waals surface area contributed by atoms with Gasteiger partial charge in [0.1, 0.15) is 0 Å². The van der Waals surface area contributed by atoms with E-state index in [0.29, 0.717) is 0 Å². The van der Waals surface area contributed by atoms with Gasteiger partial charge >= 0.3 is 0 Å². The third-order valence-electron chi connectivity index (χ3n) is 13.1. The highest BCUT2D eigenvalue weighted by molar-refractivity contribution is 7.99. The van der Waals surface area contributed by atoms with Crippen LogP contribution in [0.15, 0.2) is 210 Å². The molecule has 12 rings (SSSR count). The maximum Gasteiger partial charge on any atom is 0.0742 e. The molecule has 3 aliphatic rings. The lowest BCUT2D eigenvalue weighted by atomic mass is 9.66. The average Bonchev–Trinajstić information content (AvgIpc) is 3.69. The molecule has 0 saturated carbocycles. The largest absolute Gasteiger partial charge is 0.310 e. The molecule has 2 heteroatoms. The lowest BCUT2D eigenvalue weighted by Gasteiger charge is -2.41. The van der Waals surface area contributed by atoms with Gasteiger partial charge in [-0.05, 0) is 114 Å². The lowest BCUT2D eigenvalue weighted by molar-refractivity contribution is 0.660. The molecule has 0 saturated heterocycles. The zero-order valence-electron chi connectivity index (χ0n) is 32.4. The molecule has 0 aromatic heterocycles. The van der Waals surface area contributed by atoms with E-state index in [1.807, 2.05) is 11.8 Å². The van der Waals surface area contributed by atoms with Gasteiger partial charge in [-0.3, -0.25) is 0 Å². The molecule has 9 aromatic rings. The molecule has 1 nitrogen and oxygen atoms in total. The van der Waals surface area contributed by atoms with Gasteiger partial charge in [-0.2, -0.15) is 0 Å². The predicted molar refractivity (Wildman–Crippen MR) is 243 cm³/mol. The van der Waals surface area contributed by atoms with Crippen LogP contribution in [0.3, 0.4) is 0 Å².